The highest BCUT2D eigenvalue weighted by Gasteiger charge is 2.11. The summed E-state index contributed by atoms with van der Waals surface area (Å²) in [4.78, 5) is 19.4. The van der Waals surface area contributed by atoms with E-state index in [9.17, 15) is 4.79 Å². The average Bonchev–Trinajstić information content (AvgIpc) is 2.27. The molecule has 0 aliphatic carbocycles. The second kappa shape index (κ2) is 3.65. The van der Waals surface area contributed by atoms with Crippen LogP contribution in [0, 0.1) is 0 Å². The van der Waals surface area contributed by atoms with Crippen LogP contribution in [0.25, 0.3) is 11.0 Å². The summed E-state index contributed by atoms with van der Waals surface area (Å²) in [5, 5.41) is 9.04. The first-order valence-electron chi connectivity index (χ1n) is 4.70. The Morgan fingerprint density at radius 1 is 1.53 bits per heavy atom. The fourth-order valence-electron chi connectivity index (χ4n) is 1.46. The van der Waals surface area contributed by atoms with Gasteiger partial charge >= 0.3 is 5.97 Å². The van der Waals surface area contributed by atoms with Crippen LogP contribution in [0.2, 0.25) is 0 Å². The molecule has 0 aliphatic heterocycles. The molecule has 2 rings (SSSR count). The topological polar surface area (TPSA) is 63.1 Å². The number of aromatic carboxylic acids is 1. The van der Waals surface area contributed by atoms with Crippen LogP contribution in [-0.4, -0.2) is 21.0 Å². The van der Waals surface area contributed by atoms with Gasteiger partial charge in [-0.1, -0.05) is 6.92 Å². The molecule has 0 bridgehead atoms. The Morgan fingerprint density at radius 2 is 2.33 bits per heavy atom. The lowest BCUT2D eigenvalue weighted by atomic mass is 10.1. The summed E-state index contributed by atoms with van der Waals surface area (Å²) in [5.41, 5.74) is 2.07. The van der Waals surface area contributed by atoms with Crippen molar-refractivity contribution in [2.75, 3.05) is 0 Å². The molecule has 2 aromatic rings. The molecular formula is C11H10N2O2. The highest BCUT2D eigenvalue weighted by Crippen LogP contribution is 2.16. The number of carboxylic acid groups (broad SMARTS) is 1. The molecule has 2 aromatic heterocycles. The van der Waals surface area contributed by atoms with Crippen molar-refractivity contribution in [1.29, 1.82) is 0 Å². The lowest BCUT2D eigenvalue weighted by Gasteiger charge is -2.03. The summed E-state index contributed by atoms with van der Waals surface area (Å²) in [6, 6.07) is 5.10. The molecule has 0 unspecified atom stereocenters. The average molecular weight is 202 g/mol. The van der Waals surface area contributed by atoms with Crippen LogP contribution in [0.15, 0.2) is 24.4 Å². The molecule has 4 heteroatoms. The van der Waals surface area contributed by atoms with Gasteiger partial charge in [-0.2, -0.15) is 0 Å². The molecule has 0 radical (unpaired) electrons. The van der Waals surface area contributed by atoms with E-state index in [4.69, 9.17) is 5.11 Å². The fourth-order valence-corrected chi connectivity index (χ4v) is 1.46. The molecule has 1 N–H and O–H groups in total. The van der Waals surface area contributed by atoms with E-state index in [1.165, 1.54) is 0 Å². The minimum Gasteiger partial charge on any atom is -0.478 e. The van der Waals surface area contributed by atoms with E-state index in [0.29, 0.717) is 17.5 Å². The molecule has 0 fully saturated rings. The van der Waals surface area contributed by atoms with Gasteiger partial charge in [0.1, 0.15) is 5.52 Å². The van der Waals surface area contributed by atoms with E-state index in [2.05, 4.69) is 9.97 Å². The number of aromatic nitrogens is 2. The van der Waals surface area contributed by atoms with Crippen LogP contribution in [-0.2, 0) is 6.42 Å². The van der Waals surface area contributed by atoms with Crippen molar-refractivity contribution in [1.82, 2.24) is 9.97 Å². The first-order valence-corrected chi connectivity index (χ1v) is 4.70. The molecule has 2 heterocycles. The third kappa shape index (κ3) is 1.66. The van der Waals surface area contributed by atoms with E-state index in [1.807, 2.05) is 6.92 Å². The van der Waals surface area contributed by atoms with Crippen molar-refractivity contribution >= 4 is 17.0 Å². The normalized spacial score (nSPS) is 10.5. The van der Waals surface area contributed by atoms with Gasteiger partial charge in [-0.25, -0.2) is 4.79 Å². The van der Waals surface area contributed by atoms with Gasteiger partial charge in [0.25, 0.3) is 0 Å². The first kappa shape index (κ1) is 9.58. The van der Waals surface area contributed by atoms with Gasteiger partial charge in [0.05, 0.1) is 11.1 Å². The summed E-state index contributed by atoms with van der Waals surface area (Å²) < 4.78 is 0. The molecule has 0 saturated carbocycles. The van der Waals surface area contributed by atoms with Gasteiger partial charge < -0.3 is 5.11 Å². The van der Waals surface area contributed by atoms with Crippen LogP contribution in [0.5, 0.6) is 0 Å². The minimum atomic E-state index is -0.962. The molecule has 15 heavy (non-hydrogen) atoms. The maximum Gasteiger partial charge on any atom is 0.338 e. The van der Waals surface area contributed by atoms with Gasteiger partial charge in [-0.15, -0.1) is 0 Å². The van der Waals surface area contributed by atoms with Crippen LogP contribution in [0.3, 0.4) is 0 Å². The molecule has 0 saturated heterocycles. The van der Waals surface area contributed by atoms with Crippen molar-refractivity contribution in [2.45, 2.75) is 13.3 Å². The second-order valence-corrected chi connectivity index (χ2v) is 3.19. The molecule has 0 aliphatic rings. The molecule has 76 valence electrons. The van der Waals surface area contributed by atoms with Crippen LogP contribution in [0.4, 0.5) is 0 Å². The monoisotopic (exact) mass is 202 g/mol. The van der Waals surface area contributed by atoms with Gasteiger partial charge in [-0.3, -0.25) is 9.97 Å². The SMILES string of the molecule is CCc1cc(C(=O)O)c2ncccc2n1. The third-order valence-corrected chi connectivity index (χ3v) is 2.21. The van der Waals surface area contributed by atoms with Crippen molar-refractivity contribution in [2.24, 2.45) is 0 Å². The standard InChI is InChI=1S/C11H10N2O2/c1-2-7-6-8(11(14)15)10-9(13-7)4-3-5-12-10/h3-6H,2H2,1H3,(H,14,15). The summed E-state index contributed by atoms with van der Waals surface area (Å²) in [6.07, 6.45) is 2.28. The van der Waals surface area contributed by atoms with E-state index >= 15 is 0 Å². The largest absolute Gasteiger partial charge is 0.478 e. The Hall–Kier alpha value is -1.97. The Labute approximate surface area is 86.6 Å². The smallest absolute Gasteiger partial charge is 0.338 e. The van der Waals surface area contributed by atoms with Gasteiger partial charge in [0, 0.05) is 11.9 Å². The second-order valence-electron chi connectivity index (χ2n) is 3.19. The van der Waals surface area contributed by atoms with Gasteiger partial charge in [0.2, 0.25) is 0 Å². The van der Waals surface area contributed by atoms with Crippen LogP contribution >= 0.6 is 0 Å². The molecule has 0 amide bonds. The van der Waals surface area contributed by atoms with E-state index in [1.54, 1.807) is 24.4 Å². The lowest BCUT2D eigenvalue weighted by molar-refractivity contribution is 0.0698. The molecule has 0 spiro atoms. The summed E-state index contributed by atoms with van der Waals surface area (Å²) >= 11 is 0. The van der Waals surface area contributed by atoms with Crippen LogP contribution < -0.4 is 0 Å². The van der Waals surface area contributed by atoms with Crippen molar-refractivity contribution < 1.29 is 9.90 Å². The number of hydrogen-bond donors (Lipinski definition) is 1. The number of rotatable bonds is 2. The van der Waals surface area contributed by atoms with Crippen molar-refractivity contribution in [3.05, 3.63) is 35.7 Å². The predicted molar refractivity (Wildman–Crippen MR) is 55.9 cm³/mol. The third-order valence-electron chi connectivity index (χ3n) is 2.21. The maximum absolute atomic E-state index is 11.0. The predicted octanol–water partition coefficient (Wildman–Crippen LogP) is 1.89. The summed E-state index contributed by atoms with van der Waals surface area (Å²) in [7, 11) is 0. The number of nitrogens with zero attached hydrogens (tertiary/aromatic N) is 2. The molecule has 0 aromatic carbocycles. The Morgan fingerprint density at radius 3 is 3.00 bits per heavy atom. The maximum atomic E-state index is 11.0. The Balaban J connectivity index is 2.80. The van der Waals surface area contributed by atoms with Gasteiger partial charge in [-0.05, 0) is 24.6 Å². The zero-order chi connectivity index (χ0) is 10.8. The van der Waals surface area contributed by atoms with E-state index in [0.717, 1.165) is 5.69 Å². The zero-order valence-corrected chi connectivity index (χ0v) is 8.27. The Kier molecular flexibility index (Phi) is 2.33. The highest BCUT2D eigenvalue weighted by atomic mass is 16.4. The molecular weight excluding hydrogens is 192 g/mol. The van der Waals surface area contributed by atoms with Crippen LogP contribution in [0.1, 0.15) is 23.0 Å². The summed E-state index contributed by atoms with van der Waals surface area (Å²) in [6.45, 7) is 1.94. The zero-order valence-electron chi connectivity index (χ0n) is 8.27. The van der Waals surface area contributed by atoms with Crippen molar-refractivity contribution in [3.63, 3.8) is 0 Å². The lowest BCUT2D eigenvalue weighted by Crippen LogP contribution is -2.02. The van der Waals surface area contributed by atoms with Crippen molar-refractivity contribution in [3.8, 4) is 0 Å². The van der Waals surface area contributed by atoms with E-state index in [-0.39, 0.29) is 5.56 Å². The molecule has 0 atom stereocenters. The summed E-state index contributed by atoms with van der Waals surface area (Å²) in [5.74, 6) is -0.962. The Bertz CT molecular complexity index is 523. The van der Waals surface area contributed by atoms with E-state index < -0.39 is 5.97 Å². The minimum absolute atomic E-state index is 0.220. The number of carbonyl (C=O) groups is 1. The first-order chi connectivity index (χ1) is 7.22. The number of hydrogen-bond acceptors (Lipinski definition) is 3. The fraction of sp³-hybridized carbons (Fsp3) is 0.182. The van der Waals surface area contributed by atoms with Gasteiger partial charge in [0.15, 0.2) is 0 Å². The highest BCUT2D eigenvalue weighted by molar-refractivity contribution is 6.00. The number of carboxylic acids is 1. The number of aryl methyl sites for hydroxylation is 1. The number of pyridine rings is 2. The molecule has 4 nitrogen and oxygen atoms in total. The number of fused-ring (bicyclic) bond motifs is 1. The quantitative estimate of drug-likeness (QED) is 0.807.